The Kier molecular flexibility index (Phi) is 4.58. The first-order valence-corrected chi connectivity index (χ1v) is 10.6. The van der Waals surface area contributed by atoms with Gasteiger partial charge in [-0.3, -0.25) is 4.79 Å². The molecular weight excluding hydrogens is 388 g/mol. The van der Waals surface area contributed by atoms with Crippen molar-refractivity contribution in [2.45, 2.75) is 27.3 Å². The summed E-state index contributed by atoms with van der Waals surface area (Å²) in [5.41, 5.74) is 8.02. The predicted molar refractivity (Wildman–Crippen MR) is 121 cm³/mol. The van der Waals surface area contributed by atoms with Gasteiger partial charge in [0, 0.05) is 30.5 Å². The van der Waals surface area contributed by atoms with Crippen molar-refractivity contribution in [3.05, 3.63) is 70.8 Å². The van der Waals surface area contributed by atoms with E-state index >= 15 is 0 Å². The van der Waals surface area contributed by atoms with Gasteiger partial charge in [-0.1, -0.05) is 12.1 Å². The standard InChI is InChI=1S/C25H26N4O2/c1-15-11-21(16(2)28(15)4)25(30)29-9-10-31-24-8-6-18(12-20(24)14-29)19-5-7-22-23(13-19)27-17(3)26-22/h5-8,11-13H,9-10,14H2,1-4H3,(H,26,27). The Morgan fingerprint density at radius 1 is 1.06 bits per heavy atom. The van der Waals surface area contributed by atoms with Crippen LogP contribution < -0.4 is 4.74 Å². The number of nitrogens with one attached hydrogen (secondary N) is 1. The average molecular weight is 415 g/mol. The van der Waals surface area contributed by atoms with Crippen LogP contribution in [0.4, 0.5) is 0 Å². The second-order valence-corrected chi connectivity index (χ2v) is 8.30. The fourth-order valence-corrected chi connectivity index (χ4v) is 4.30. The summed E-state index contributed by atoms with van der Waals surface area (Å²) in [5, 5.41) is 0. The lowest BCUT2D eigenvalue weighted by atomic mass is 10.0. The van der Waals surface area contributed by atoms with Crippen LogP contribution in [0, 0.1) is 20.8 Å². The number of rotatable bonds is 2. The second kappa shape index (κ2) is 7.30. The Bertz CT molecular complexity index is 1310. The van der Waals surface area contributed by atoms with Gasteiger partial charge in [0.25, 0.3) is 5.91 Å². The molecular formula is C25H26N4O2. The molecule has 1 aliphatic heterocycles. The number of nitrogens with zero attached hydrogens (tertiary/aromatic N) is 3. The normalized spacial score (nSPS) is 13.7. The molecule has 1 N–H and O–H groups in total. The zero-order chi connectivity index (χ0) is 21.7. The number of carbonyl (C=O) groups excluding carboxylic acids is 1. The molecule has 5 rings (SSSR count). The van der Waals surface area contributed by atoms with Gasteiger partial charge in [-0.15, -0.1) is 0 Å². The number of aryl methyl sites for hydroxylation is 2. The van der Waals surface area contributed by atoms with Crippen molar-refractivity contribution in [2.75, 3.05) is 13.2 Å². The summed E-state index contributed by atoms with van der Waals surface area (Å²) in [6.07, 6.45) is 0. The van der Waals surface area contributed by atoms with Crippen molar-refractivity contribution in [1.82, 2.24) is 19.4 Å². The van der Waals surface area contributed by atoms with Crippen molar-refractivity contribution in [1.29, 1.82) is 0 Å². The Morgan fingerprint density at radius 2 is 1.84 bits per heavy atom. The van der Waals surface area contributed by atoms with E-state index in [0.717, 1.165) is 56.2 Å². The first kappa shape index (κ1) is 19.4. The summed E-state index contributed by atoms with van der Waals surface area (Å²) in [4.78, 5) is 23.0. The van der Waals surface area contributed by atoms with Crippen molar-refractivity contribution in [3.8, 4) is 16.9 Å². The van der Waals surface area contributed by atoms with E-state index in [9.17, 15) is 4.79 Å². The SMILES string of the molecule is Cc1nc2cc(-c3ccc4c(c3)CN(C(=O)c3cc(C)n(C)c3C)CCO4)ccc2[nH]1. The first-order valence-electron chi connectivity index (χ1n) is 10.6. The minimum atomic E-state index is 0.0523. The van der Waals surface area contributed by atoms with Gasteiger partial charge >= 0.3 is 0 Å². The Balaban J connectivity index is 1.48. The van der Waals surface area contributed by atoms with Crippen molar-refractivity contribution in [2.24, 2.45) is 7.05 Å². The fourth-order valence-electron chi connectivity index (χ4n) is 4.30. The molecule has 0 unspecified atom stereocenters. The number of imidazole rings is 1. The molecule has 1 amide bonds. The summed E-state index contributed by atoms with van der Waals surface area (Å²) >= 11 is 0. The highest BCUT2D eigenvalue weighted by molar-refractivity contribution is 5.96. The third-order valence-electron chi connectivity index (χ3n) is 6.27. The lowest BCUT2D eigenvalue weighted by Crippen LogP contribution is -2.32. The van der Waals surface area contributed by atoms with Crippen molar-refractivity contribution in [3.63, 3.8) is 0 Å². The van der Waals surface area contributed by atoms with Gasteiger partial charge < -0.3 is 19.2 Å². The van der Waals surface area contributed by atoms with Crippen LogP contribution in [0.25, 0.3) is 22.2 Å². The van der Waals surface area contributed by atoms with E-state index in [1.165, 1.54) is 0 Å². The lowest BCUT2D eigenvalue weighted by Gasteiger charge is -2.20. The van der Waals surface area contributed by atoms with E-state index in [0.29, 0.717) is 19.7 Å². The maximum absolute atomic E-state index is 13.3. The molecule has 31 heavy (non-hydrogen) atoms. The van der Waals surface area contributed by atoms with E-state index in [4.69, 9.17) is 4.74 Å². The summed E-state index contributed by atoms with van der Waals surface area (Å²) in [6, 6.07) is 14.4. The number of aromatic amines is 1. The van der Waals surface area contributed by atoms with Crippen LogP contribution in [0.1, 0.15) is 33.1 Å². The van der Waals surface area contributed by atoms with Gasteiger partial charge in [0.1, 0.15) is 18.2 Å². The molecule has 0 saturated heterocycles. The minimum absolute atomic E-state index is 0.0523. The highest BCUT2D eigenvalue weighted by atomic mass is 16.5. The number of fused-ring (bicyclic) bond motifs is 2. The Morgan fingerprint density at radius 3 is 2.61 bits per heavy atom. The largest absolute Gasteiger partial charge is 0.491 e. The lowest BCUT2D eigenvalue weighted by molar-refractivity contribution is 0.0732. The maximum Gasteiger partial charge on any atom is 0.256 e. The predicted octanol–water partition coefficient (Wildman–Crippen LogP) is 4.53. The molecule has 158 valence electrons. The molecule has 3 heterocycles. The molecule has 2 aromatic carbocycles. The smallest absolute Gasteiger partial charge is 0.256 e. The van der Waals surface area contributed by atoms with Crippen LogP contribution in [-0.2, 0) is 13.6 Å². The highest BCUT2D eigenvalue weighted by Crippen LogP contribution is 2.31. The molecule has 0 aliphatic carbocycles. The summed E-state index contributed by atoms with van der Waals surface area (Å²) in [5.74, 6) is 1.80. The second-order valence-electron chi connectivity index (χ2n) is 8.30. The van der Waals surface area contributed by atoms with Gasteiger partial charge in [-0.25, -0.2) is 4.98 Å². The number of ether oxygens (including phenoxy) is 1. The number of aromatic nitrogens is 3. The molecule has 0 saturated carbocycles. The van der Waals surface area contributed by atoms with Crippen LogP contribution in [0.5, 0.6) is 5.75 Å². The molecule has 2 aromatic heterocycles. The van der Waals surface area contributed by atoms with E-state index in [1.54, 1.807) is 0 Å². The fraction of sp³-hybridized carbons (Fsp3) is 0.280. The highest BCUT2D eigenvalue weighted by Gasteiger charge is 2.24. The third kappa shape index (κ3) is 3.38. The summed E-state index contributed by atoms with van der Waals surface area (Å²) < 4.78 is 8.03. The van der Waals surface area contributed by atoms with Crippen LogP contribution in [0.3, 0.4) is 0 Å². The van der Waals surface area contributed by atoms with Crippen LogP contribution >= 0.6 is 0 Å². The zero-order valence-electron chi connectivity index (χ0n) is 18.3. The van der Waals surface area contributed by atoms with Gasteiger partial charge in [-0.05, 0) is 62.2 Å². The molecule has 6 heteroatoms. The van der Waals surface area contributed by atoms with E-state index in [2.05, 4.69) is 44.9 Å². The molecule has 0 spiro atoms. The number of amides is 1. The molecule has 4 aromatic rings. The van der Waals surface area contributed by atoms with Crippen LogP contribution in [-0.4, -0.2) is 38.5 Å². The van der Waals surface area contributed by atoms with Crippen molar-refractivity contribution >= 4 is 16.9 Å². The number of benzene rings is 2. The quantitative estimate of drug-likeness (QED) is 0.524. The maximum atomic E-state index is 13.3. The van der Waals surface area contributed by atoms with Crippen molar-refractivity contribution < 1.29 is 9.53 Å². The van der Waals surface area contributed by atoms with E-state index < -0.39 is 0 Å². The molecule has 6 nitrogen and oxygen atoms in total. The summed E-state index contributed by atoms with van der Waals surface area (Å²) in [7, 11) is 1.99. The first-order chi connectivity index (χ1) is 14.9. The number of hydrogen-bond acceptors (Lipinski definition) is 3. The van der Waals surface area contributed by atoms with E-state index in [-0.39, 0.29) is 5.91 Å². The molecule has 0 bridgehead atoms. The molecule has 0 fully saturated rings. The monoisotopic (exact) mass is 414 g/mol. The Hall–Kier alpha value is -3.54. The van der Waals surface area contributed by atoms with Gasteiger partial charge in [0.05, 0.1) is 23.1 Å². The molecule has 0 radical (unpaired) electrons. The summed E-state index contributed by atoms with van der Waals surface area (Å²) in [6.45, 7) is 7.55. The van der Waals surface area contributed by atoms with Crippen LogP contribution in [0.2, 0.25) is 0 Å². The van der Waals surface area contributed by atoms with E-state index in [1.807, 2.05) is 44.9 Å². The van der Waals surface area contributed by atoms with Gasteiger partial charge in [-0.2, -0.15) is 0 Å². The van der Waals surface area contributed by atoms with Crippen LogP contribution in [0.15, 0.2) is 42.5 Å². The average Bonchev–Trinajstić information content (AvgIpc) is 3.15. The topological polar surface area (TPSA) is 63.1 Å². The molecule has 0 atom stereocenters. The van der Waals surface area contributed by atoms with Gasteiger partial charge in [0.2, 0.25) is 0 Å². The Labute approximate surface area is 181 Å². The number of carbonyl (C=O) groups is 1. The number of hydrogen-bond donors (Lipinski definition) is 1. The minimum Gasteiger partial charge on any atom is -0.491 e. The number of H-pyrrole nitrogens is 1. The zero-order valence-corrected chi connectivity index (χ0v) is 18.3. The molecule has 1 aliphatic rings. The third-order valence-corrected chi connectivity index (χ3v) is 6.27. The van der Waals surface area contributed by atoms with Gasteiger partial charge in [0.15, 0.2) is 0 Å².